The zero-order valence-corrected chi connectivity index (χ0v) is 17.5. The lowest BCUT2D eigenvalue weighted by molar-refractivity contribution is -0.131. The van der Waals surface area contributed by atoms with Crippen LogP contribution in [0, 0.1) is 29.6 Å². The lowest BCUT2D eigenvalue weighted by Crippen LogP contribution is -2.37. The van der Waals surface area contributed by atoms with Crippen LogP contribution in [0.1, 0.15) is 74.7 Å². The topological polar surface area (TPSA) is 46.7 Å². The number of ketones is 2. The maximum absolute atomic E-state index is 13.1. The van der Waals surface area contributed by atoms with Gasteiger partial charge in [0, 0.05) is 30.6 Å². The summed E-state index contributed by atoms with van der Waals surface area (Å²) in [5.41, 5.74) is -0.225. The van der Waals surface area contributed by atoms with Crippen LogP contribution in [0.15, 0.2) is 12.2 Å². The Labute approximate surface area is 154 Å². The van der Waals surface area contributed by atoms with E-state index in [0.29, 0.717) is 24.5 Å². The molecule has 1 saturated heterocycles. The molecule has 0 saturated carbocycles. The Bertz CT molecular complexity index is 496. The van der Waals surface area contributed by atoms with Gasteiger partial charge in [0.15, 0.2) is 0 Å². The summed E-state index contributed by atoms with van der Waals surface area (Å²) in [7, 11) is 0. The van der Waals surface area contributed by atoms with Crippen LogP contribution in [0.3, 0.4) is 0 Å². The quantitative estimate of drug-likeness (QED) is 0.379. The molecule has 0 aromatic rings. The Morgan fingerprint density at radius 2 is 1.76 bits per heavy atom. The third kappa shape index (κ3) is 5.03. The van der Waals surface area contributed by atoms with Crippen LogP contribution in [0.5, 0.6) is 0 Å². The van der Waals surface area contributed by atoms with Crippen molar-refractivity contribution >= 4 is 11.6 Å². The summed E-state index contributed by atoms with van der Waals surface area (Å²) < 4.78 is 6.08. The normalized spacial score (nSPS) is 29.0. The molecule has 1 aliphatic heterocycles. The van der Waals surface area contributed by atoms with E-state index in [0.717, 1.165) is 6.42 Å². The van der Waals surface area contributed by atoms with Gasteiger partial charge in [0.25, 0.3) is 0 Å². The number of carbonyl (C=O) groups excluding carboxylic acids is 2. The number of carbonyl (C=O) groups is 2. The van der Waals surface area contributed by atoms with Crippen molar-refractivity contribution in [3.8, 4) is 0 Å². The predicted molar refractivity (Wildman–Crippen MR) is 103 cm³/mol. The molecule has 1 rings (SSSR count). The fraction of sp³-hybridized carbons (Fsp3) is 0.818. The van der Waals surface area contributed by atoms with Gasteiger partial charge in [-0.25, -0.2) is 0 Å². The summed E-state index contributed by atoms with van der Waals surface area (Å²) in [5, 5.41) is 0. The van der Waals surface area contributed by atoms with E-state index in [1.807, 2.05) is 27.7 Å². The molecule has 0 aliphatic carbocycles. The minimum atomic E-state index is -0.225. The molecule has 1 aliphatic rings. The summed E-state index contributed by atoms with van der Waals surface area (Å²) >= 11 is 0. The monoisotopic (exact) mass is 350 g/mol. The smallest absolute Gasteiger partial charge is 0.139 e. The standard InChI is InChI=1S/C22H38O3/c1-9-12-14(4)21-22(8,25-21)17(7)19(11-3)20(24)16(6)15(5)13-18(23)10-2/h9,12,14-17,19,21H,10-11,13H2,1-8H3/b12-9-/t14-,15?,16?,17-,19+,21+,22-/m0/s1. The van der Waals surface area contributed by atoms with E-state index in [1.165, 1.54) is 0 Å². The number of hydrogen-bond acceptors (Lipinski definition) is 3. The van der Waals surface area contributed by atoms with Crippen molar-refractivity contribution < 1.29 is 14.3 Å². The van der Waals surface area contributed by atoms with Gasteiger partial charge in [0.05, 0.1) is 11.7 Å². The fourth-order valence-corrected chi connectivity index (χ4v) is 4.14. The summed E-state index contributed by atoms with van der Waals surface area (Å²) in [6.07, 6.45) is 6.30. The average molecular weight is 351 g/mol. The van der Waals surface area contributed by atoms with Crippen molar-refractivity contribution in [3.05, 3.63) is 12.2 Å². The van der Waals surface area contributed by atoms with E-state index in [-0.39, 0.29) is 41.2 Å². The molecule has 7 atom stereocenters. The molecule has 25 heavy (non-hydrogen) atoms. The van der Waals surface area contributed by atoms with Gasteiger partial charge in [0.2, 0.25) is 0 Å². The van der Waals surface area contributed by atoms with Gasteiger partial charge in [-0.05, 0) is 32.1 Å². The molecule has 0 N–H and O–H groups in total. The lowest BCUT2D eigenvalue weighted by atomic mass is 9.72. The molecular weight excluding hydrogens is 312 g/mol. The van der Waals surface area contributed by atoms with Gasteiger partial charge in [-0.2, -0.15) is 0 Å². The zero-order valence-electron chi connectivity index (χ0n) is 17.5. The number of Topliss-reactive ketones (excluding diaryl/α,β-unsaturated/α-hetero) is 2. The molecule has 144 valence electrons. The van der Waals surface area contributed by atoms with Crippen LogP contribution in [0.4, 0.5) is 0 Å². The van der Waals surface area contributed by atoms with Gasteiger partial charge in [-0.3, -0.25) is 9.59 Å². The molecular formula is C22H38O3. The highest BCUT2D eigenvalue weighted by Gasteiger charge is 2.59. The van der Waals surface area contributed by atoms with Crippen LogP contribution in [-0.2, 0) is 14.3 Å². The summed E-state index contributed by atoms with van der Waals surface area (Å²) in [5.74, 6) is 1.08. The molecule has 3 nitrogen and oxygen atoms in total. The van der Waals surface area contributed by atoms with Crippen molar-refractivity contribution in [3.63, 3.8) is 0 Å². The van der Waals surface area contributed by atoms with Crippen LogP contribution >= 0.6 is 0 Å². The third-order valence-corrected chi connectivity index (χ3v) is 6.42. The van der Waals surface area contributed by atoms with Crippen LogP contribution < -0.4 is 0 Å². The average Bonchev–Trinajstić information content (AvgIpc) is 3.28. The Morgan fingerprint density at radius 1 is 1.16 bits per heavy atom. The predicted octanol–water partition coefficient (Wildman–Crippen LogP) is 5.23. The van der Waals surface area contributed by atoms with Gasteiger partial charge in [-0.15, -0.1) is 0 Å². The molecule has 0 aromatic heterocycles. The Morgan fingerprint density at radius 3 is 2.24 bits per heavy atom. The number of hydrogen-bond donors (Lipinski definition) is 0. The van der Waals surface area contributed by atoms with Gasteiger partial charge in [0.1, 0.15) is 11.6 Å². The minimum Gasteiger partial charge on any atom is -0.365 e. The molecule has 0 radical (unpaired) electrons. The van der Waals surface area contributed by atoms with Crippen LogP contribution in [-0.4, -0.2) is 23.3 Å². The largest absolute Gasteiger partial charge is 0.365 e. The molecule has 2 unspecified atom stereocenters. The number of epoxide rings is 1. The van der Waals surface area contributed by atoms with E-state index in [9.17, 15) is 9.59 Å². The van der Waals surface area contributed by atoms with E-state index < -0.39 is 0 Å². The summed E-state index contributed by atoms with van der Waals surface area (Å²) in [6, 6.07) is 0. The summed E-state index contributed by atoms with van der Waals surface area (Å²) in [4.78, 5) is 24.9. The van der Waals surface area contributed by atoms with Crippen LogP contribution in [0.2, 0.25) is 0 Å². The molecule has 3 heteroatoms. The Balaban J connectivity index is 2.80. The second-order valence-electron chi connectivity index (χ2n) is 8.18. The number of rotatable bonds is 11. The third-order valence-electron chi connectivity index (χ3n) is 6.42. The molecule has 0 bridgehead atoms. The van der Waals surface area contributed by atoms with Crippen molar-refractivity contribution in [1.82, 2.24) is 0 Å². The molecule has 1 heterocycles. The van der Waals surface area contributed by atoms with E-state index in [1.54, 1.807) is 0 Å². The summed E-state index contributed by atoms with van der Waals surface area (Å²) in [6.45, 7) is 16.5. The maximum Gasteiger partial charge on any atom is 0.139 e. The van der Waals surface area contributed by atoms with E-state index in [2.05, 4.69) is 39.8 Å². The highest BCUT2D eigenvalue weighted by atomic mass is 16.6. The Kier molecular flexibility index (Phi) is 8.05. The van der Waals surface area contributed by atoms with Crippen molar-refractivity contribution in [1.29, 1.82) is 0 Å². The highest BCUT2D eigenvalue weighted by molar-refractivity contribution is 5.85. The molecule has 0 aromatic carbocycles. The van der Waals surface area contributed by atoms with Gasteiger partial charge >= 0.3 is 0 Å². The zero-order chi connectivity index (χ0) is 19.4. The Hall–Kier alpha value is -0.960. The number of allylic oxidation sites excluding steroid dienone is 1. The van der Waals surface area contributed by atoms with Crippen molar-refractivity contribution in [2.24, 2.45) is 29.6 Å². The SMILES string of the molecule is C/C=C\[C@H](C)[C@H]1O[C@@]1(C)[C@@H](C)[C@@H](CC)C(=O)C(C)C(C)CC(=O)CC. The maximum atomic E-state index is 13.1. The first-order chi connectivity index (χ1) is 11.6. The molecule has 1 fully saturated rings. The second kappa shape index (κ2) is 9.12. The molecule has 0 spiro atoms. The minimum absolute atomic E-state index is 0.0121. The van der Waals surface area contributed by atoms with Crippen molar-refractivity contribution in [2.75, 3.05) is 0 Å². The first-order valence-electron chi connectivity index (χ1n) is 9.99. The van der Waals surface area contributed by atoms with Gasteiger partial charge in [-0.1, -0.05) is 53.7 Å². The van der Waals surface area contributed by atoms with E-state index >= 15 is 0 Å². The van der Waals surface area contributed by atoms with Gasteiger partial charge < -0.3 is 4.74 Å². The lowest BCUT2D eigenvalue weighted by Gasteiger charge is -2.30. The highest BCUT2D eigenvalue weighted by Crippen LogP contribution is 2.50. The van der Waals surface area contributed by atoms with Crippen LogP contribution in [0.25, 0.3) is 0 Å². The van der Waals surface area contributed by atoms with Crippen molar-refractivity contribution in [2.45, 2.75) is 86.4 Å². The van der Waals surface area contributed by atoms with E-state index in [4.69, 9.17) is 4.74 Å². The number of ether oxygens (including phenoxy) is 1. The first kappa shape index (κ1) is 22.1. The fourth-order valence-electron chi connectivity index (χ4n) is 4.14. The molecule has 0 amide bonds. The first-order valence-corrected chi connectivity index (χ1v) is 9.99. The second-order valence-corrected chi connectivity index (χ2v) is 8.18.